The first kappa shape index (κ1) is 25.2. The highest BCUT2D eigenvalue weighted by molar-refractivity contribution is 6.31. The molecule has 0 radical (unpaired) electrons. The number of aromatic nitrogens is 2. The van der Waals surface area contributed by atoms with Gasteiger partial charge in [0.1, 0.15) is 34.3 Å². The number of halogens is 4. The number of nitrogens with one attached hydrogen (secondary N) is 2. The van der Waals surface area contributed by atoms with Crippen LogP contribution in [0.5, 0.6) is 17.4 Å². The van der Waals surface area contributed by atoms with Crippen LogP contribution in [0.25, 0.3) is 0 Å². The molecule has 0 saturated carbocycles. The van der Waals surface area contributed by atoms with Crippen molar-refractivity contribution in [1.29, 1.82) is 10.5 Å². The summed E-state index contributed by atoms with van der Waals surface area (Å²) in [6, 6.07) is 6.24. The van der Waals surface area contributed by atoms with E-state index in [2.05, 4.69) is 25.6 Å². The Kier molecular flexibility index (Phi) is 6.52. The maximum atomic E-state index is 13.1. The summed E-state index contributed by atoms with van der Waals surface area (Å²) in [6.07, 6.45) is -2.35. The standard InChI is InChI=1S/C22H15ClF3N9O2/c1-36-13-4-2-3-10(17(13)37-20-12(23)5-9(7-31-20)22(24,25)26)16-14-15(29)11(6-27)18(30)34-19(14)35-21(33-16)32-8-28/h2-5,7,16H,1H3,(H6,29,30,32,33,34,35). The Balaban J connectivity index is 1.91. The minimum absolute atomic E-state index is 0.00759. The number of ether oxygens (including phenoxy) is 2. The lowest BCUT2D eigenvalue weighted by atomic mass is 9.94. The number of nitrogen functional groups attached to an aromatic ring is 2. The molecule has 15 heteroatoms. The molecule has 1 aliphatic rings. The van der Waals surface area contributed by atoms with E-state index in [4.69, 9.17) is 37.8 Å². The lowest BCUT2D eigenvalue weighted by Crippen LogP contribution is -2.32. The Morgan fingerprint density at radius 2 is 2.00 bits per heavy atom. The molecule has 0 aliphatic carbocycles. The Morgan fingerprint density at radius 1 is 1.24 bits per heavy atom. The van der Waals surface area contributed by atoms with E-state index in [1.165, 1.54) is 13.2 Å². The van der Waals surface area contributed by atoms with Crippen LogP contribution in [0.2, 0.25) is 5.02 Å². The number of hydrogen-bond acceptors (Lipinski definition) is 11. The van der Waals surface area contributed by atoms with Gasteiger partial charge in [0.2, 0.25) is 11.8 Å². The second-order valence-electron chi connectivity index (χ2n) is 7.39. The van der Waals surface area contributed by atoms with Crippen molar-refractivity contribution in [3.05, 3.63) is 57.7 Å². The number of benzene rings is 1. The number of nitrogens with two attached hydrogens (primary N) is 2. The summed E-state index contributed by atoms with van der Waals surface area (Å²) >= 11 is 6.05. The minimum Gasteiger partial charge on any atom is -0.493 e. The normalized spacial score (nSPS) is 14.4. The summed E-state index contributed by atoms with van der Waals surface area (Å²) in [5.74, 6) is -0.239. The third kappa shape index (κ3) is 4.65. The molecule has 3 aromatic rings. The van der Waals surface area contributed by atoms with Gasteiger partial charge in [-0.3, -0.25) is 5.32 Å². The van der Waals surface area contributed by atoms with E-state index in [1.54, 1.807) is 18.3 Å². The number of methoxy groups -OCH3 is 1. The van der Waals surface area contributed by atoms with E-state index in [-0.39, 0.29) is 57.4 Å². The monoisotopic (exact) mass is 529 g/mol. The van der Waals surface area contributed by atoms with Gasteiger partial charge in [-0.15, -0.1) is 0 Å². The van der Waals surface area contributed by atoms with Crippen molar-refractivity contribution in [2.75, 3.05) is 23.9 Å². The number of nitriles is 2. The van der Waals surface area contributed by atoms with Crippen LogP contribution in [0.1, 0.15) is 28.3 Å². The maximum Gasteiger partial charge on any atom is 0.417 e. The number of nitrogens with zero attached hydrogens (tertiary/aromatic N) is 5. The summed E-state index contributed by atoms with van der Waals surface area (Å²) in [7, 11) is 1.35. The van der Waals surface area contributed by atoms with Crippen LogP contribution in [-0.2, 0) is 6.18 Å². The quantitative estimate of drug-likeness (QED) is 0.285. The number of rotatable bonds is 4. The Bertz CT molecular complexity index is 1510. The highest BCUT2D eigenvalue weighted by Crippen LogP contribution is 2.47. The molecule has 0 fully saturated rings. The van der Waals surface area contributed by atoms with Gasteiger partial charge in [0.05, 0.1) is 18.4 Å². The van der Waals surface area contributed by atoms with E-state index in [1.807, 2.05) is 6.07 Å². The van der Waals surface area contributed by atoms with Gasteiger partial charge in [-0.1, -0.05) is 23.7 Å². The van der Waals surface area contributed by atoms with E-state index in [0.29, 0.717) is 12.3 Å². The molecule has 3 heterocycles. The van der Waals surface area contributed by atoms with E-state index in [0.717, 1.165) is 0 Å². The predicted octanol–water partition coefficient (Wildman–Crippen LogP) is 3.93. The SMILES string of the molecule is COc1cccc(C2N=C(NC#N)Nc3nc(N)c(C#N)c(N)c32)c1Oc1ncc(C(F)(F)F)cc1Cl. The lowest BCUT2D eigenvalue weighted by molar-refractivity contribution is -0.137. The van der Waals surface area contributed by atoms with Crippen molar-refractivity contribution >= 4 is 34.9 Å². The number of guanidine groups is 1. The Labute approximate surface area is 212 Å². The number of hydrogen-bond donors (Lipinski definition) is 4. The van der Waals surface area contributed by atoms with Crippen LogP contribution in [-0.4, -0.2) is 23.0 Å². The van der Waals surface area contributed by atoms with Gasteiger partial charge < -0.3 is 26.3 Å². The maximum absolute atomic E-state index is 13.1. The molecule has 0 amide bonds. The van der Waals surface area contributed by atoms with Crippen LogP contribution in [0.3, 0.4) is 0 Å². The van der Waals surface area contributed by atoms with Crippen molar-refractivity contribution in [3.8, 4) is 29.6 Å². The predicted molar refractivity (Wildman–Crippen MR) is 127 cm³/mol. The van der Waals surface area contributed by atoms with Gasteiger partial charge in [-0.25, -0.2) is 15.0 Å². The Hall–Kier alpha value is -4.95. The second-order valence-corrected chi connectivity index (χ2v) is 7.80. The average Bonchev–Trinajstić information content (AvgIpc) is 2.84. The fourth-order valence-electron chi connectivity index (χ4n) is 3.58. The third-order valence-corrected chi connectivity index (χ3v) is 5.49. The summed E-state index contributed by atoms with van der Waals surface area (Å²) in [6.45, 7) is 0. The van der Waals surface area contributed by atoms with Crippen LogP contribution < -0.4 is 31.6 Å². The first-order chi connectivity index (χ1) is 17.6. The van der Waals surface area contributed by atoms with E-state index in [9.17, 15) is 18.4 Å². The molecule has 37 heavy (non-hydrogen) atoms. The molecule has 188 valence electrons. The number of anilines is 3. The topological polar surface area (TPSA) is 180 Å². The van der Waals surface area contributed by atoms with Crippen molar-refractivity contribution in [3.63, 3.8) is 0 Å². The van der Waals surface area contributed by atoms with Crippen molar-refractivity contribution in [2.24, 2.45) is 4.99 Å². The molecule has 0 bridgehead atoms. The molecular weight excluding hydrogens is 515 g/mol. The summed E-state index contributed by atoms with van der Waals surface area (Å²) in [4.78, 5) is 12.4. The minimum atomic E-state index is -4.66. The van der Waals surface area contributed by atoms with Crippen LogP contribution in [0.15, 0.2) is 35.5 Å². The zero-order valence-electron chi connectivity index (χ0n) is 18.7. The molecule has 4 rings (SSSR count). The molecule has 0 saturated heterocycles. The summed E-state index contributed by atoms with van der Waals surface area (Å²) < 4.78 is 50.4. The second kappa shape index (κ2) is 9.60. The molecule has 1 aliphatic heterocycles. The summed E-state index contributed by atoms with van der Waals surface area (Å²) in [5.41, 5.74) is 11.5. The molecule has 0 spiro atoms. The number of alkyl halides is 3. The molecule has 11 nitrogen and oxygen atoms in total. The number of para-hydroxylation sites is 1. The largest absolute Gasteiger partial charge is 0.493 e. The average molecular weight is 530 g/mol. The smallest absolute Gasteiger partial charge is 0.417 e. The molecular formula is C22H15ClF3N9O2. The van der Waals surface area contributed by atoms with Gasteiger partial charge in [-0.05, 0) is 12.1 Å². The Morgan fingerprint density at radius 3 is 2.62 bits per heavy atom. The van der Waals surface area contributed by atoms with Crippen LogP contribution in [0, 0.1) is 22.8 Å². The third-order valence-electron chi connectivity index (χ3n) is 5.21. The van der Waals surface area contributed by atoms with Gasteiger partial charge >= 0.3 is 6.18 Å². The zero-order chi connectivity index (χ0) is 26.9. The van der Waals surface area contributed by atoms with Crippen molar-refractivity contribution in [1.82, 2.24) is 15.3 Å². The van der Waals surface area contributed by atoms with Gasteiger partial charge in [0.15, 0.2) is 17.7 Å². The number of pyridine rings is 2. The van der Waals surface area contributed by atoms with Crippen LogP contribution >= 0.6 is 11.6 Å². The lowest BCUT2D eigenvalue weighted by Gasteiger charge is -2.27. The van der Waals surface area contributed by atoms with Gasteiger partial charge in [0, 0.05) is 17.3 Å². The first-order valence-corrected chi connectivity index (χ1v) is 10.5. The fourth-order valence-corrected chi connectivity index (χ4v) is 3.78. The van der Waals surface area contributed by atoms with E-state index >= 15 is 0 Å². The molecule has 6 N–H and O–H groups in total. The van der Waals surface area contributed by atoms with Crippen LogP contribution in [0.4, 0.5) is 30.5 Å². The summed E-state index contributed by atoms with van der Waals surface area (Å²) in [5, 5.41) is 23.4. The molecule has 2 aromatic heterocycles. The molecule has 1 atom stereocenters. The first-order valence-electron chi connectivity index (χ1n) is 10.1. The fraction of sp³-hybridized carbons (Fsp3) is 0.136. The highest BCUT2D eigenvalue weighted by Gasteiger charge is 2.34. The van der Waals surface area contributed by atoms with Gasteiger partial charge in [0.25, 0.3) is 0 Å². The van der Waals surface area contributed by atoms with Crippen molar-refractivity contribution in [2.45, 2.75) is 12.2 Å². The highest BCUT2D eigenvalue weighted by atomic mass is 35.5. The number of fused-ring (bicyclic) bond motifs is 1. The zero-order valence-corrected chi connectivity index (χ0v) is 19.4. The molecule has 1 aromatic carbocycles. The number of aliphatic imine (C=N–C) groups is 1. The van der Waals surface area contributed by atoms with Crippen molar-refractivity contribution < 1.29 is 22.6 Å². The molecule has 1 unspecified atom stereocenters. The van der Waals surface area contributed by atoms with Gasteiger partial charge in [-0.2, -0.15) is 23.7 Å². The van der Waals surface area contributed by atoms with E-state index < -0.39 is 22.8 Å².